The number of benzene rings is 1. The van der Waals surface area contributed by atoms with Crippen molar-refractivity contribution in [3.8, 4) is 11.5 Å². The van der Waals surface area contributed by atoms with E-state index in [0.29, 0.717) is 16.9 Å². The molecule has 4 nitrogen and oxygen atoms in total. The molecule has 2 rings (SSSR count). The molecule has 78 valence electrons. The normalized spacial score (nSPS) is 10.3. The third kappa shape index (κ3) is 1.54. The first-order chi connectivity index (χ1) is 7.26. The molecule has 1 N–H and O–H groups in total. The lowest BCUT2D eigenvalue weighted by Gasteiger charge is -2.07. The van der Waals surface area contributed by atoms with Crippen LogP contribution in [0.2, 0.25) is 0 Å². The van der Waals surface area contributed by atoms with Crippen molar-refractivity contribution in [2.24, 2.45) is 0 Å². The van der Waals surface area contributed by atoms with E-state index >= 15 is 0 Å². The van der Waals surface area contributed by atoms with E-state index in [1.54, 1.807) is 38.6 Å². The highest BCUT2D eigenvalue weighted by molar-refractivity contribution is 5.88. The fourth-order valence-electron chi connectivity index (χ4n) is 1.53. The van der Waals surface area contributed by atoms with Gasteiger partial charge in [-0.05, 0) is 12.1 Å². The molecule has 0 atom stereocenters. The van der Waals surface area contributed by atoms with E-state index in [2.05, 4.69) is 4.98 Å². The van der Waals surface area contributed by atoms with Crippen LogP contribution in [-0.4, -0.2) is 19.2 Å². The summed E-state index contributed by atoms with van der Waals surface area (Å²) in [4.78, 5) is 14.2. The molecule has 0 bridgehead atoms. The van der Waals surface area contributed by atoms with Gasteiger partial charge in [-0.1, -0.05) is 0 Å². The lowest BCUT2D eigenvalue weighted by molar-refractivity contribution is 0.398. The van der Waals surface area contributed by atoms with Gasteiger partial charge < -0.3 is 14.5 Å². The number of H-pyrrole nitrogens is 1. The van der Waals surface area contributed by atoms with Gasteiger partial charge in [-0.3, -0.25) is 4.79 Å². The van der Waals surface area contributed by atoms with Gasteiger partial charge in [0.1, 0.15) is 11.5 Å². The first-order valence-corrected chi connectivity index (χ1v) is 4.49. The second-order valence-corrected chi connectivity index (χ2v) is 3.10. The van der Waals surface area contributed by atoms with Crippen LogP contribution in [0.25, 0.3) is 10.8 Å². The van der Waals surface area contributed by atoms with E-state index in [-0.39, 0.29) is 5.56 Å². The predicted octanol–water partition coefficient (Wildman–Crippen LogP) is 1.55. The zero-order chi connectivity index (χ0) is 10.8. The topological polar surface area (TPSA) is 51.3 Å². The molecule has 1 aromatic carbocycles. The maximum atomic E-state index is 11.5. The quantitative estimate of drug-likeness (QED) is 0.809. The van der Waals surface area contributed by atoms with Gasteiger partial charge in [0.2, 0.25) is 0 Å². The SMILES string of the molecule is COc1cc(OC)c2cc[nH]c(=O)c2c1. The Morgan fingerprint density at radius 2 is 1.93 bits per heavy atom. The Balaban J connectivity index is 2.87. The lowest BCUT2D eigenvalue weighted by atomic mass is 10.1. The highest BCUT2D eigenvalue weighted by Crippen LogP contribution is 2.28. The molecular weight excluding hydrogens is 194 g/mol. The third-order valence-corrected chi connectivity index (χ3v) is 2.28. The average molecular weight is 205 g/mol. The molecule has 1 heterocycles. The third-order valence-electron chi connectivity index (χ3n) is 2.28. The van der Waals surface area contributed by atoms with Gasteiger partial charge in [0.15, 0.2) is 0 Å². The van der Waals surface area contributed by atoms with Crippen LogP contribution in [0.1, 0.15) is 0 Å². The van der Waals surface area contributed by atoms with Gasteiger partial charge in [0.05, 0.1) is 19.6 Å². The Kier molecular flexibility index (Phi) is 2.33. The Hall–Kier alpha value is -1.97. The summed E-state index contributed by atoms with van der Waals surface area (Å²) in [5, 5.41) is 1.34. The molecule has 15 heavy (non-hydrogen) atoms. The predicted molar refractivity (Wildman–Crippen MR) is 57.7 cm³/mol. The molecule has 0 amide bonds. The number of rotatable bonds is 2. The van der Waals surface area contributed by atoms with Crippen molar-refractivity contribution in [3.05, 3.63) is 34.7 Å². The number of pyridine rings is 1. The minimum absolute atomic E-state index is 0.148. The Labute approximate surface area is 86.5 Å². The minimum atomic E-state index is -0.148. The lowest BCUT2D eigenvalue weighted by Crippen LogP contribution is -2.05. The summed E-state index contributed by atoms with van der Waals surface area (Å²) < 4.78 is 10.3. The minimum Gasteiger partial charge on any atom is -0.497 e. The van der Waals surface area contributed by atoms with Gasteiger partial charge in [-0.2, -0.15) is 0 Å². The van der Waals surface area contributed by atoms with E-state index < -0.39 is 0 Å². The van der Waals surface area contributed by atoms with Crippen molar-refractivity contribution in [2.45, 2.75) is 0 Å². The van der Waals surface area contributed by atoms with Crippen LogP contribution >= 0.6 is 0 Å². The van der Waals surface area contributed by atoms with E-state index in [0.717, 1.165) is 5.39 Å². The Bertz CT molecular complexity index is 545. The van der Waals surface area contributed by atoms with Crippen molar-refractivity contribution in [3.63, 3.8) is 0 Å². The molecule has 1 aromatic heterocycles. The van der Waals surface area contributed by atoms with Crippen molar-refractivity contribution >= 4 is 10.8 Å². The van der Waals surface area contributed by atoms with E-state index in [4.69, 9.17) is 9.47 Å². The van der Waals surface area contributed by atoms with Gasteiger partial charge in [-0.15, -0.1) is 0 Å². The fraction of sp³-hybridized carbons (Fsp3) is 0.182. The summed E-state index contributed by atoms with van der Waals surface area (Å²) in [6, 6.07) is 5.24. The van der Waals surface area contributed by atoms with E-state index in [1.165, 1.54) is 0 Å². The largest absolute Gasteiger partial charge is 0.497 e. The number of nitrogens with one attached hydrogen (secondary N) is 1. The van der Waals surface area contributed by atoms with Crippen molar-refractivity contribution < 1.29 is 9.47 Å². The van der Waals surface area contributed by atoms with Crippen LogP contribution in [-0.2, 0) is 0 Å². The molecule has 0 saturated carbocycles. The molecule has 4 heteroatoms. The fourth-order valence-corrected chi connectivity index (χ4v) is 1.53. The standard InChI is InChI=1S/C11H11NO3/c1-14-7-5-9-8(10(6-7)15-2)3-4-12-11(9)13/h3-6H,1-2H3,(H,12,13). The highest BCUT2D eigenvalue weighted by atomic mass is 16.5. The smallest absolute Gasteiger partial charge is 0.256 e. The van der Waals surface area contributed by atoms with Gasteiger partial charge in [0, 0.05) is 17.6 Å². The molecule has 0 spiro atoms. The summed E-state index contributed by atoms with van der Waals surface area (Å²) in [6.07, 6.45) is 1.60. The number of hydrogen-bond acceptors (Lipinski definition) is 3. The molecule has 0 unspecified atom stereocenters. The van der Waals surface area contributed by atoms with Crippen molar-refractivity contribution in [1.82, 2.24) is 4.98 Å². The number of ether oxygens (including phenoxy) is 2. The van der Waals surface area contributed by atoms with Crippen LogP contribution in [0.4, 0.5) is 0 Å². The maximum absolute atomic E-state index is 11.5. The number of aromatic amines is 1. The Morgan fingerprint density at radius 3 is 2.60 bits per heavy atom. The number of hydrogen-bond donors (Lipinski definition) is 1. The second kappa shape index (κ2) is 3.65. The van der Waals surface area contributed by atoms with Crippen LogP contribution < -0.4 is 15.0 Å². The zero-order valence-corrected chi connectivity index (χ0v) is 8.53. The molecule has 2 aromatic rings. The van der Waals surface area contributed by atoms with Crippen LogP contribution in [0.15, 0.2) is 29.2 Å². The van der Waals surface area contributed by atoms with Crippen LogP contribution in [0.3, 0.4) is 0 Å². The molecule has 0 fully saturated rings. The number of methoxy groups -OCH3 is 2. The van der Waals surface area contributed by atoms with Crippen LogP contribution in [0.5, 0.6) is 11.5 Å². The molecule has 0 radical (unpaired) electrons. The summed E-state index contributed by atoms with van der Waals surface area (Å²) in [5.41, 5.74) is -0.148. The number of aromatic nitrogens is 1. The average Bonchev–Trinajstić information content (AvgIpc) is 2.28. The molecule has 0 aliphatic carbocycles. The maximum Gasteiger partial charge on any atom is 0.256 e. The second-order valence-electron chi connectivity index (χ2n) is 3.10. The number of fused-ring (bicyclic) bond motifs is 1. The molecule has 0 aliphatic heterocycles. The summed E-state index contributed by atoms with van der Waals surface area (Å²) >= 11 is 0. The first kappa shape index (κ1) is 9.58. The first-order valence-electron chi connectivity index (χ1n) is 4.49. The summed E-state index contributed by atoms with van der Waals surface area (Å²) in [7, 11) is 3.12. The van der Waals surface area contributed by atoms with Gasteiger partial charge in [0.25, 0.3) is 5.56 Å². The zero-order valence-electron chi connectivity index (χ0n) is 8.53. The monoisotopic (exact) mass is 205 g/mol. The molecule has 0 saturated heterocycles. The van der Waals surface area contributed by atoms with E-state index in [9.17, 15) is 4.79 Å². The van der Waals surface area contributed by atoms with Crippen molar-refractivity contribution in [1.29, 1.82) is 0 Å². The van der Waals surface area contributed by atoms with E-state index in [1.807, 2.05) is 0 Å². The Morgan fingerprint density at radius 1 is 1.13 bits per heavy atom. The molecule has 0 aliphatic rings. The van der Waals surface area contributed by atoms with Gasteiger partial charge in [-0.25, -0.2) is 0 Å². The van der Waals surface area contributed by atoms with Crippen molar-refractivity contribution in [2.75, 3.05) is 14.2 Å². The highest BCUT2D eigenvalue weighted by Gasteiger charge is 2.06. The summed E-state index contributed by atoms with van der Waals surface area (Å²) in [6.45, 7) is 0. The molecular formula is C11H11NO3. The van der Waals surface area contributed by atoms with Crippen LogP contribution in [0, 0.1) is 0 Å². The summed E-state index contributed by atoms with van der Waals surface area (Å²) in [5.74, 6) is 1.24. The van der Waals surface area contributed by atoms with Gasteiger partial charge >= 0.3 is 0 Å².